The molecular weight excluding hydrogens is 248 g/mol. The fraction of sp³-hybridized carbons (Fsp3) is 0.500. The zero-order valence-electron chi connectivity index (χ0n) is 10.4. The summed E-state index contributed by atoms with van der Waals surface area (Å²) < 4.78 is 5.66. The lowest BCUT2D eigenvalue weighted by Crippen LogP contribution is -2.33. The highest BCUT2D eigenvalue weighted by atomic mass is 35.5. The lowest BCUT2D eigenvalue weighted by molar-refractivity contribution is 0.183. The van der Waals surface area contributed by atoms with E-state index in [1.807, 2.05) is 0 Å². The molecule has 3 nitrogen and oxygen atoms in total. The largest absolute Gasteiger partial charge is 0.491 e. The molecule has 0 atom stereocenters. The lowest BCUT2D eigenvalue weighted by Gasteiger charge is -2.26. The molecule has 1 aromatic rings. The molecule has 4 heteroatoms. The molecule has 0 radical (unpaired) electrons. The number of benzene rings is 1. The van der Waals surface area contributed by atoms with Crippen molar-refractivity contribution in [3.05, 3.63) is 28.8 Å². The summed E-state index contributed by atoms with van der Waals surface area (Å²) in [4.78, 5) is 2.40. The molecule has 1 aliphatic heterocycles. The Morgan fingerprint density at radius 2 is 2.06 bits per heavy atom. The van der Waals surface area contributed by atoms with E-state index in [2.05, 4.69) is 11.0 Å². The van der Waals surface area contributed by atoms with Crippen LogP contribution in [-0.2, 0) is 0 Å². The van der Waals surface area contributed by atoms with Gasteiger partial charge >= 0.3 is 0 Å². The van der Waals surface area contributed by atoms with Gasteiger partial charge in [-0.1, -0.05) is 24.1 Å². The third kappa shape index (κ3) is 3.38. The number of hydrogen-bond acceptors (Lipinski definition) is 3. The third-order valence-electron chi connectivity index (χ3n) is 3.20. The van der Waals surface area contributed by atoms with Crippen molar-refractivity contribution < 1.29 is 4.74 Å². The van der Waals surface area contributed by atoms with Gasteiger partial charge in [0.2, 0.25) is 0 Å². The number of piperidine rings is 1. The fourth-order valence-electron chi connectivity index (χ4n) is 2.20. The molecule has 0 bridgehead atoms. The van der Waals surface area contributed by atoms with Gasteiger partial charge in [0.05, 0.1) is 5.02 Å². The van der Waals surface area contributed by atoms with Gasteiger partial charge < -0.3 is 4.74 Å². The Morgan fingerprint density at radius 3 is 2.78 bits per heavy atom. The Hall–Kier alpha value is -1.24. The highest BCUT2D eigenvalue weighted by Crippen LogP contribution is 2.25. The van der Waals surface area contributed by atoms with Crippen LogP contribution in [0, 0.1) is 11.3 Å². The lowest BCUT2D eigenvalue weighted by atomic mass is 10.1. The first-order valence-corrected chi connectivity index (χ1v) is 6.73. The average molecular weight is 265 g/mol. The third-order valence-corrected chi connectivity index (χ3v) is 3.52. The van der Waals surface area contributed by atoms with Crippen molar-refractivity contribution in [3.63, 3.8) is 0 Å². The van der Waals surface area contributed by atoms with Crippen LogP contribution < -0.4 is 4.74 Å². The molecule has 0 aliphatic carbocycles. The van der Waals surface area contributed by atoms with Crippen LogP contribution in [0.15, 0.2) is 18.2 Å². The Balaban J connectivity index is 1.86. The van der Waals surface area contributed by atoms with Crippen molar-refractivity contribution in [3.8, 4) is 11.8 Å². The van der Waals surface area contributed by atoms with E-state index in [4.69, 9.17) is 21.6 Å². The van der Waals surface area contributed by atoms with E-state index in [1.54, 1.807) is 18.2 Å². The highest BCUT2D eigenvalue weighted by molar-refractivity contribution is 6.31. The minimum absolute atomic E-state index is 0.429. The van der Waals surface area contributed by atoms with Gasteiger partial charge in [0.1, 0.15) is 24.0 Å². The molecule has 1 fully saturated rings. The van der Waals surface area contributed by atoms with E-state index in [1.165, 1.54) is 19.3 Å². The van der Waals surface area contributed by atoms with Crippen molar-refractivity contribution in [1.29, 1.82) is 5.26 Å². The van der Waals surface area contributed by atoms with Crippen LogP contribution >= 0.6 is 11.6 Å². The van der Waals surface area contributed by atoms with E-state index in [0.717, 1.165) is 19.6 Å². The van der Waals surface area contributed by atoms with Gasteiger partial charge in [-0.25, -0.2) is 0 Å². The molecule has 0 spiro atoms. The molecule has 0 N–H and O–H groups in total. The van der Waals surface area contributed by atoms with Gasteiger partial charge in [-0.2, -0.15) is 5.26 Å². The summed E-state index contributed by atoms with van der Waals surface area (Å²) in [7, 11) is 0. The molecule has 96 valence electrons. The van der Waals surface area contributed by atoms with Crippen molar-refractivity contribution in [1.82, 2.24) is 4.90 Å². The Morgan fingerprint density at radius 1 is 1.28 bits per heavy atom. The number of nitrogens with zero attached hydrogens (tertiary/aromatic N) is 2. The quantitative estimate of drug-likeness (QED) is 0.839. The molecular formula is C14H17ClN2O. The van der Waals surface area contributed by atoms with Gasteiger partial charge in [0.25, 0.3) is 0 Å². The molecule has 1 saturated heterocycles. The van der Waals surface area contributed by atoms with Crippen LogP contribution in [0.2, 0.25) is 5.02 Å². The zero-order valence-corrected chi connectivity index (χ0v) is 11.1. The molecule has 0 unspecified atom stereocenters. The number of nitriles is 1. The maximum absolute atomic E-state index is 9.02. The van der Waals surface area contributed by atoms with Crippen molar-refractivity contribution in [2.24, 2.45) is 0 Å². The predicted octanol–water partition coefficient (Wildman–Crippen LogP) is 3.08. The molecule has 2 rings (SSSR count). The predicted molar refractivity (Wildman–Crippen MR) is 72.0 cm³/mol. The molecule has 0 saturated carbocycles. The van der Waals surface area contributed by atoms with Crippen LogP contribution in [-0.4, -0.2) is 31.1 Å². The molecule has 0 amide bonds. The van der Waals surface area contributed by atoms with Crippen LogP contribution in [0.1, 0.15) is 24.8 Å². The topological polar surface area (TPSA) is 36.3 Å². The summed E-state index contributed by atoms with van der Waals surface area (Å²) in [6.07, 6.45) is 3.89. The standard InChI is InChI=1S/C14H17ClN2O/c15-13-5-4-6-14(12(13)11-16)18-10-9-17-7-2-1-3-8-17/h4-6H,1-3,7-10H2. The Bertz CT molecular complexity index is 436. The van der Waals surface area contributed by atoms with E-state index >= 15 is 0 Å². The second-order valence-corrected chi connectivity index (χ2v) is 4.88. The monoisotopic (exact) mass is 264 g/mol. The molecule has 1 aliphatic rings. The first-order chi connectivity index (χ1) is 8.81. The maximum Gasteiger partial charge on any atom is 0.138 e. The summed E-state index contributed by atoms with van der Waals surface area (Å²) >= 11 is 5.94. The van der Waals surface area contributed by atoms with Gasteiger partial charge in [0, 0.05) is 6.54 Å². The number of hydrogen-bond donors (Lipinski definition) is 0. The van der Waals surface area contributed by atoms with Crippen LogP contribution in [0.4, 0.5) is 0 Å². The van der Waals surface area contributed by atoms with Gasteiger partial charge in [-0.3, -0.25) is 4.90 Å². The van der Waals surface area contributed by atoms with Crippen LogP contribution in [0.5, 0.6) is 5.75 Å². The second-order valence-electron chi connectivity index (χ2n) is 4.48. The maximum atomic E-state index is 9.02. The van der Waals surface area contributed by atoms with E-state index in [-0.39, 0.29) is 0 Å². The minimum Gasteiger partial charge on any atom is -0.491 e. The van der Waals surface area contributed by atoms with E-state index < -0.39 is 0 Å². The second kappa shape index (κ2) is 6.63. The van der Waals surface area contributed by atoms with Gasteiger partial charge in [0.15, 0.2) is 0 Å². The smallest absolute Gasteiger partial charge is 0.138 e. The molecule has 1 heterocycles. The van der Waals surface area contributed by atoms with E-state index in [9.17, 15) is 0 Å². The number of halogens is 1. The number of rotatable bonds is 4. The SMILES string of the molecule is N#Cc1c(Cl)cccc1OCCN1CCCCC1. The van der Waals surface area contributed by atoms with Crippen LogP contribution in [0.3, 0.4) is 0 Å². The molecule has 1 aromatic carbocycles. The minimum atomic E-state index is 0.429. The first-order valence-electron chi connectivity index (χ1n) is 6.35. The summed E-state index contributed by atoms with van der Waals surface area (Å²) in [6.45, 7) is 3.83. The summed E-state index contributed by atoms with van der Waals surface area (Å²) in [5, 5.41) is 9.47. The van der Waals surface area contributed by atoms with Crippen molar-refractivity contribution >= 4 is 11.6 Å². The molecule has 18 heavy (non-hydrogen) atoms. The van der Waals surface area contributed by atoms with Gasteiger partial charge in [-0.05, 0) is 38.1 Å². The van der Waals surface area contributed by atoms with E-state index in [0.29, 0.717) is 22.9 Å². The Labute approximate surface area is 113 Å². The summed E-state index contributed by atoms with van der Waals surface area (Å²) in [5.41, 5.74) is 0.429. The van der Waals surface area contributed by atoms with Crippen molar-refractivity contribution in [2.45, 2.75) is 19.3 Å². The Kier molecular flexibility index (Phi) is 4.86. The first kappa shape index (κ1) is 13.2. The van der Waals surface area contributed by atoms with Crippen LogP contribution in [0.25, 0.3) is 0 Å². The zero-order chi connectivity index (χ0) is 12.8. The molecule has 0 aromatic heterocycles. The summed E-state index contributed by atoms with van der Waals surface area (Å²) in [5.74, 6) is 0.585. The van der Waals surface area contributed by atoms with Gasteiger partial charge in [-0.15, -0.1) is 0 Å². The highest BCUT2D eigenvalue weighted by Gasteiger charge is 2.11. The number of likely N-dealkylation sites (tertiary alicyclic amines) is 1. The number of ether oxygens (including phenoxy) is 1. The summed E-state index contributed by atoms with van der Waals surface area (Å²) in [6, 6.07) is 7.38. The fourth-order valence-corrected chi connectivity index (χ4v) is 2.41. The average Bonchev–Trinajstić information content (AvgIpc) is 2.40. The normalized spacial score (nSPS) is 16.2. The van der Waals surface area contributed by atoms with Crippen molar-refractivity contribution in [2.75, 3.05) is 26.2 Å².